The standard InChI is InChI=1S/C10H14N6O5/c1-20-10-12-7(11)4-8(13-10)16(15-14-4)9-6(19)5(18)3(2-17)21-9/h3,5-6,9,17-19H,2H2,1H3,(H2,11,12,13)/t3-,5-,6+,9+/m1/s1. The minimum absolute atomic E-state index is 0.00953. The molecule has 21 heavy (non-hydrogen) atoms. The van der Waals surface area contributed by atoms with E-state index in [2.05, 4.69) is 20.3 Å². The summed E-state index contributed by atoms with van der Waals surface area (Å²) in [6, 6.07) is 0.00953. The van der Waals surface area contributed by atoms with Crippen LogP contribution in [-0.4, -0.2) is 72.3 Å². The maximum atomic E-state index is 10.0. The van der Waals surface area contributed by atoms with Crippen LogP contribution in [0, 0.1) is 0 Å². The normalized spacial score (nSPS) is 29.1. The lowest BCUT2D eigenvalue weighted by Crippen LogP contribution is -2.33. The molecule has 0 saturated carbocycles. The highest BCUT2D eigenvalue weighted by molar-refractivity contribution is 5.81. The summed E-state index contributed by atoms with van der Waals surface area (Å²) in [5.41, 5.74) is 6.13. The van der Waals surface area contributed by atoms with E-state index >= 15 is 0 Å². The van der Waals surface area contributed by atoms with Crippen molar-refractivity contribution in [2.24, 2.45) is 0 Å². The van der Waals surface area contributed by atoms with E-state index in [-0.39, 0.29) is 23.0 Å². The summed E-state index contributed by atoms with van der Waals surface area (Å²) >= 11 is 0. The first-order valence-electron chi connectivity index (χ1n) is 6.11. The molecule has 5 N–H and O–H groups in total. The molecule has 11 nitrogen and oxygen atoms in total. The number of methoxy groups -OCH3 is 1. The monoisotopic (exact) mass is 298 g/mol. The van der Waals surface area contributed by atoms with Crippen molar-refractivity contribution < 1.29 is 24.8 Å². The Bertz CT molecular complexity index is 663. The Labute approximate surface area is 117 Å². The number of hydrogen-bond acceptors (Lipinski definition) is 10. The van der Waals surface area contributed by atoms with Gasteiger partial charge >= 0.3 is 6.01 Å². The SMILES string of the molecule is COc1nc(N)c2nnn([C@H]3O[C@H](CO)[C@@H](O)[C@@H]3O)c2n1. The van der Waals surface area contributed by atoms with Gasteiger partial charge < -0.3 is 30.5 Å². The predicted molar refractivity (Wildman–Crippen MR) is 67.1 cm³/mol. The topological polar surface area (TPSA) is 162 Å². The summed E-state index contributed by atoms with van der Waals surface area (Å²) < 4.78 is 11.5. The molecule has 0 aliphatic carbocycles. The maximum absolute atomic E-state index is 10.0. The number of ether oxygens (including phenoxy) is 2. The van der Waals surface area contributed by atoms with Gasteiger partial charge in [0.15, 0.2) is 23.2 Å². The molecular formula is C10H14N6O5. The third-order valence-electron chi connectivity index (χ3n) is 3.27. The van der Waals surface area contributed by atoms with E-state index in [1.165, 1.54) is 11.8 Å². The van der Waals surface area contributed by atoms with Gasteiger partial charge in [-0.3, -0.25) is 0 Å². The second-order valence-corrected chi connectivity index (χ2v) is 4.53. The molecule has 3 heterocycles. The molecule has 4 atom stereocenters. The number of aliphatic hydroxyl groups is 3. The zero-order chi connectivity index (χ0) is 15.1. The zero-order valence-corrected chi connectivity index (χ0v) is 11.0. The predicted octanol–water partition coefficient (Wildman–Crippen LogP) is -2.58. The van der Waals surface area contributed by atoms with Crippen LogP contribution in [0.3, 0.4) is 0 Å². The average Bonchev–Trinajstić information content (AvgIpc) is 3.02. The lowest BCUT2D eigenvalue weighted by molar-refractivity contribution is -0.0575. The highest BCUT2D eigenvalue weighted by atomic mass is 16.6. The van der Waals surface area contributed by atoms with Crippen LogP contribution >= 0.6 is 0 Å². The van der Waals surface area contributed by atoms with Crippen molar-refractivity contribution in [3.63, 3.8) is 0 Å². The number of nitrogens with zero attached hydrogens (tertiary/aromatic N) is 5. The van der Waals surface area contributed by atoms with Gasteiger partial charge in [0, 0.05) is 0 Å². The van der Waals surface area contributed by atoms with Crippen LogP contribution < -0.4 is 10.5 Å². The number of aromatic nitrogens is 5. The third kappa shape index (κ3) is 2.06. The van der Waals surface area contributed by atoms with E-state index in [1.807, 2.05) is 0 Å². The number of fused-ring (bicyclic) bond motifs is 1. The van der Waals surface area contributed by atoms with E-state index in [0.717, 1.165) is 0 Å². The van der Waals surface area contributed by atoms with Crippen molar-refractivity contribution in [1.29, 1.82) is 0 Å². The second kappa shape index (κ2) is 5.04. The van der Waals surface area contributed by atoms with Crippen LogP contribution in [0.25, 0.3) is 11.2 Å². The molecule has 0 aromatic carbocycles. The number of anilines is 1. The van der Waals surface area contributed by atoms with Gasteiger partial charge in [-0.25, -0.2) is 0 Å². The number of nitrogen functional groups attached to an aromatic ring is 1. The van der Waals surface area contributed by atoms with Gasteiger partial charge in [-0.1, -0.05) is 5.21 Å². The molecule has 2 aromatic rings. The van der Waals surface area contributed by atoms with E-state index in [1.54, 1.807) is 0 Å². The van der Waals surface area contributed by atoms with Crippen LogP contribution in [0.1, 0.15) is 6.23 Å². The lowest BCUT2D eigenvalue weighted by Gasteiger charge is -2.14. The Morgan fingerprint density at radius 2 is 2.10 bits per heavy atom. The van der Waals surface area contributed by atoms with Gasteiger partial charge in [0.25, 0.3) is 0 Å². The Balaban J connectivity index is 2.07. The lowest BCUT2D eigenvalue weighted by atomic mass is 10.1. The first kappa shape index (κ1) is 13.9. The van der Waals surface area contributed by atoms with Gasteiger partial charge in [0.2, 0.25) is 0 Å². The molecule has 2 aromatic heterocycles. The van der Waals surface area contributed by atoms with Gasteiger partial charge in [-0.05, 0) is 0 Å². The molecule has 0 bridgehead atoms. The van der Waals surface area contributed by atoms with E-state index in [4.69, 9.17) is 20.3 Å². The Kier molecular flexibility index (Phi) is 3.33. The molecule has 1 fully saturated rings. The van der Waals surface area contributed by atoms with E-state index in [9.17, 15) is 10.2 Å². The van der Waals surface area contributed by atoms with Crippen molar-refractivity contribution in [2.45, 2.75) is 24.5 Å². The molecule has 1 aliphatic heterocycles. The molecule has 0 amide bonds. The molecule has 114 valence electrons. The molecule has 0 spiro atoms. The molecule has 3 rings (SSSR count). The fraction of sp³-hybridized carbons (Fsp3) is 0.600. The number of hydrogen-bond donors (Lipinski definition) is 4. The van der Waals surface area contributed by atoms with Crippen molar-refractivity contribution in [2.75, 3.05) is 19.5 Å². The van der Waals surface area contributed by atoms with Gasteiger partial charge in [0.1, 0.15) is 18.3 Å². The minimum atomic E-state index is -1.30. The van der Waals surface area contributed by atoms with Crippen molar-refractivity contribution in [3.8, 4) is 6.01 Å². The maximum Gasteiger partial charge on any atom is 0.320 e. The Morgan fingerprint density at radius 3 is 2.71 bits per heavy atom. The third-order valence-corrected chi connectivity index (χ3v) is 3.27. The summed E-state index contributed by atoms with van der Waals surface area (Å²) in [5, 5.41) is 36.5. The van der Waals surface area contributed by atoms with Crippen molar-refractivity contribution in [1.82, 2.24) is 25.0 Å². The second-order valence-electron chi connectivity index (χ2n) is 4.53. The first-order valence-corrected chi connectivity index (χ1v) is 6.11. The molecule has 0 radical (unpaired) electrons. The average molecular weight is 298 g/mol. The zero-order valence-electron chi connectivity index (χ0n) is 11.0. The Morgan fingerprint density at radius 1 is 1.33 bits per heavy atom. The molecular weight excluding hydrogens is 284 g/mol. The van der Waals surface area contributed by atoms with Crippen molar-refractivity contribution >= 4 is 17.0 Å². The minimum Gasteiger partial charge on any atom is -0.467 e. The summed E-state index contributed by atoms with van der Waals surface area (Å²) in [4.78, 5) is 7.92. The molecule has 1 saturated heterocycles. The smallest absolute Gasteiger partial charge is 0.320 e. The summed E-state index contributed by atoms with van der Waals surface area (Å²) in [7, 11) is 1.38. The molecule has 0 unspecified atom stereocenters. The Hall–Kier alpha value is -2.08. The summed E-state index contributed by atoms with van der Waals surface area (Å²) in [5.74, 6) is 0.0647. The number of rotatable bonds is 3. The first-order chi connectivity index (χ1) is 10.1. The van der Waals surface area contributed by atoms with Gasteiger partial charge in [-0.15, -0.1) is 5.10 Å². The summed E-state index contributed by atoms with van der Waals surface area (Å²) in [6.45, 7) is -0.443. The van der Waals surface area contributed by atoms with Crippen LogP contribution in [0.2, 0.25) is 0 Å². The highest BCUT2D eigenvalue weighted by Crippen LogP contribution is 2.31. The van der Waals surface area contributed by atoms with Crippen molar-refractivity contribution in [3.05, 3.63) is 0 Å². The fourth-order valence-electron chi connectivity index (χ4n) is 2.17. The summed E-state index contributed by atoms with van der Waals surface area (Å²) in [6.07, 6.45) is -4.53. The van der Waals surface area contributed by atoms with E-state index < -0.39 is 31.1 Å². The van der Waals surface area contributed by atoms with Gasteiger partial charge in [0.05, 0.1) is 13.7 Å². The highest BCUT2D eigenvalue weighted by Gasteiger charge is 2.44. The quantitative estimate of drug-likeness (QED) is 0.473. The fourth-order valence-corrected chi connectivity index (χ4v) is 2.17. The largest absolute Gasteiger partial charge is 0.467 e. The van der Waals surface area contributed by atoms with Crippen LogP contribution in [-0.2, 0) is 4.74 Å². The number of nitrogens with two attached hydrogens (primary N) is 1. The van der Waals surface area contributed by atoms with Crippen LogP contribution in [0.4, 0.5) is 5.82 Å². The van der Waals surface area contributed by atoms with Crippen LogP contribution in [0.15, 0.2) is 0 Å². The molecule has 1 aliphatic rings. The van der Waals surface area contributed by atoms with Gasteiger partial charge in [-0.2, -0.15) is 14.6 Å². The van der Waals surface area contributed by atoms with E-state index in [0.29, 0.717) is 0 Å². The number of aliphatic hydroxyl groups excluding tert-OH is 3. The van der Waals surface area contributed by atoms with Crippen LogP contribution in [0.5, 0.6) is 6.01 Å². The molecule has 11 heteroatoms.